The van der Waals surface area contributed by atoms with Gasteiger partial charge in [0.2, 0.25) is 0 Å². The number of benzene rings is 6. The molecule has 0 heterocycles. The molecular weight excluding hydrogens is 601 g/mol. The lowest BCUT2D eigenvalue weighted by Crippen LogP contribution is -1.96. The van der Waals surface area contributed by atoms with Crippen molar-refractivity contribution in [3.05, 3.63) is 204 Å². The average molecular weight is 645 g/mol. The lowest BCUT2D eigenvalue weighted by Gasteiger charge is -2.18. The molecule has 6 aromatic rings. The first-order valence-electron chi connectivity index (χ1n) is 17.9. The van der Waals surface area contributed by atoms with Crippen molar-refractivity contribution in [1.29, 1.82) is 0 Å². The topological polar surface area (TPSA) is 0 Å². The zero-order chi connectivity index (χ0) is 34.3. The fraction of sp³-hybridized carbons (Fsp3) is 0.120. The van der Waals surface area contributed by atoms with Crippen LogP contribution in [-0.2, 0) is 0 Å². The highest BCUT2D eigenvalue weighted by atomic mass is 14.2. The Balaban J connectivity index is 1.32. The van der Waals surface area contributed by atoms with E-state index in [1.165, 1.54) is 91.6 Å². The minimum atomic E-state index is 0.990. The largest absolute Gasteiger partial charge is 0.0912 e. The van der Waals surface area contributed by atoms with Crippen LogP contribution < -0.4 is 0 Å². The molecule has 1 aliphatic rings. The van der Waals surface area contributed by atoms with Crippen LogP contribution in [0.1, 0.15) is 66.0 Å². The summed E-state index contributed by atoms with van der Waals surface area (Å²) in [5.74, 6) is 0. The van der Waals surface area contributed by atoms with Crippen LogP contribution in [0.4, 0.5) is 0 Å². The Hall–Kier alpha value is -5.72. The van der Waals surface area contributed by atoms with E-state index in [0.29, 0.717) is 0 Å². The third-order valence-electron chi connectivity index (χ3n) is 9.93. The van der Waals surface area contributed by atoms with Crippen molar-refractivity contribution in [2.75, 3.05) is 0 Å². The molecule has 1 aliphatic carbocycles. The molecule has 0 aliphatic heterocycles. The second-order valence-electron chi connectivity index (χ2n) is 13.3. The normalized spacial score (nSPS) is 13.3. The maximum atomic E-state index is 4.46. The van der Waals surface area contributed by atoms with Gasteiger partial charge in [-0.1, -0.05) is 152 Å². The molecule has 0 heteroatoms. The van der Waals surface area contributed by atoms with Crippen LogP contribution in [0, 0.1) is 6.92 Å². The highest BCUT2D eigenvalue weighted by Crippen LogP contribution is 2.39. The molecule has 0 aromatic heterocycles. The second-order valence-corrected chi connectivity index (χ2v) is 13.3. The van der Waals surface area contributed by atoms with E-state index >= 15 is 0 Å². The van der Waals surface area contributed by atoms with Gasteiger partial charge in [0.15, 0.2) is 0 Å². The maximum Gasteiger partial charge on any atom is -0.00965 e. The van der Waals surface area contributed by atoms with E-state index in [1.807, 2.05) is 0 Å². The molecule has 0 radical (unpaired) electrons. The first kappa shape index (κ1) is 32.8. The quantitative estimate of drug-likeness (QED) is 0.137. The Bertz CT molecular complexity index is 2240. The van der Waals surface area contributed by atoms with E-state index in [1.54, 1.807) is 0 Å². The van der Waals surface area contributed by atoms with Crippen molar-refractivity contribution in [1.82, 2.24) is 0 Å². The smallest absolute Gasteiger partial charge is 0.00965 e. The van der Waals surface area contributed by atoms with Crippen molar-refractivity contribution in [3.63, 3.8) is 0 Å². The van der Waals surface area contributed by atoms with Crippen LogP contribution in [-0.4, -0.2) is 0 Å². The molecule has 0 saturated heterocycles. The average Bonchev–Trinajstić information content (AvgIpc) is 3.18. The van der Waals surface area contributed by atoms with Crippen LogP contribution in [0.25, 0.3) is 56.2 Å². The molecule has 0 atom stereocenters. The molecule has 0 unspecified atom stereocenters. The molecule has 0 spiro atoms. The predicted octanol–water partition coefficient (Wildman–Crippen LogP) is 14.1. The Morgan fingerprint density at radius 3 is 2.02 bits per heavy atom. The summed E-state index contributed by atoms with van der Waals surface area (Å²) in [5, 5.41) is 0. The Morgan fingerprint density at radius 1 is 0.580 bits per heavy atom. The zero-order valence-electron chi connectivity index (χ0n) is 29.2. The van der Waals surface area contributed by atoms with E-state index in [4.69, 9.17) is 0 Å². The van der Waals surface area contributed by atoms with E-state index in [9.17, 15) is 0 Å². The van der Waals surface area contributed by atoms with Gasteiger partial charge in [0.05, 0.1) is 0 Å². The van der Waals surface area contributed by atoms with Crippen molar-refractivity contribution in [2.45, 2.75) is 39.5 Å². The first-order chi connectivity index (χ1) is 24.6. The third kappa shape index (κ3) is 7.31. The van der Waals surface area contributed by atoms with E-state index < -0.39 is 0 Å². The van der Waals surface area contributed by atoms with E-state index in [2.05, 4.69) is 190 Å². The number of aryl methyl sites for hydroxylation is 1. The van der Waals surface area contributed by atoms with Gasteiger partial charge in [0, 0.05) is 0 Å². The summed E-state index contributed by atoms with van der Waals surface area (Å²) in [6, 6.07) is 53.0. The van der Waals surface area contributed by atoms with Gasteiger partial charge in [-0.3, -0.25) is 0 Å². The minimum absolute atomic E-state index is 0.990. The number of rotatable bonds is 9. The van der Waals surface area contributed by atoms with E-state index in [-0.39, 0.29) is 0 Å². The molecule has 0 bridgehead atoms. The van der Waals surface area contributed by atoms with Crippen LogP contribution in [0.15, 0.2) is 170 Å². The molecule has 0 N–H and O–H groups in total. The van der Waals surface area contributed by atoms with Gasteiger partial charge in [-0.25, -0.2) is 0 Å². The molecule has 0 nitrogen and oxygen atoms in total. The fourth-order valence-electron chi connectivity index (χ4n) is 7.12. The summed E-state index contributed by atoms with van der Waals surface area (Å²) < 4.78 is 0. The number of allylic oxidation sites excluding steroid dienone is 5. The van der Waals surface area contributed by atoms with Gasteiger partial charge in [0.1, 0.15) is 0 Å². The minimum Gasteiger partial charge on any atom is -0.0912 e. The fourth-order valence-corrected chi connectivity index (χ4v) is 7.12. The van der Waals surface area contributed by atoms with Gasteiger partial charge in [-0.05, 0) is 147 Å². The molecule has 0 fully saturated rings. The summed E-state index contributed by atoms with van der Waals surface area (Å²) in [4.78, 5) is 0. The van der Waals surface area contributed by atoms with Gasteiger partial charge in [-0.15, -0.1) is 0 Å². The van der Waals surface area contributed by atoms with Gasteiger partial charge in [0.25, 0.3) is 0 Å². The Kier molecular flexibility index (Phi) is 9.99. The predicted molar refractivity (Wildman–Crippen MR) is 218 cm³/mol. The Labute approximate surface area is 298 Å². The summed E-state index contributed by atoms with van der Waals surface area (Å²) in [7, 11) is 0. The molecule has 244 valence electrons. The lowest BCUT2D eigenvalue weighted by atomic mass is 9.86. The van der Waals surface area contributed by atoms with Crippen LogP contribution in [0.5, 0.6) is 0 Å². The van der Waals surface area contributed by atoms with Gasteiger partial charge >= 0.3 is 0 Å². The highest BCUT2D eigenvalue weighted by molar-refractivity contribution is 5.93. The SMILES string of the molecule is C=C(/C=C\c1ccccc1C)c1cccc(/C(=C/C)c2cc(-c3cccc(C4=CCCCC4)c3)ccc2-c2cccc(-c3ccccc3)c2)c1. The molecular formula is C50H44. The summed E-state index contributed by atoms with van der Waals surface area (Å²) in [5.41, 5.74) is 18.3. The monoisotopic (exact) mass is 644 g/mol. The molecule has 0 saturated carbocycles. The Morgan fingerprint density at radius 2 is 1.24 bits per heavy atom. The molecule has 6 aromatic carbocycles. The third-order valence-corrected chi connectivity index (χ3v) is 9.93. The molecule has 0 amide bonds. The van der Waals surface area contributed by atoms with Crippen molar-refractivity contribution < 1.29 is 0 Å². The van der Waals surface area contributed by atoms with Crippen molar-refractivity contribution in [3.8, 4) is 33.4 Å². The molecule has 7 rings (SSSR count). The number of hydrogen-bond donors (Lipinski definition) is 0. The highest BCUT2D eigenvalue weighted by Gasteiger charge is 2.16. The summed E-state index contributed by atoms with van der Waals surface area (Å²) >= 11 is 0. The maximum absolute atomic E-state index is 4.46. The standard InChI is InChI=1S/C50H44/c1-4-48(46-26-13-22-41(32-46)37(3)28-29-38-17-12-11-16-36(38)2)50-35-45(44-25-14-23-42(33-44)39-18-7-5-8-19-39)30-31-49(50)47-27-15-24-43(34-47)40-20-9-6-10-21-40/h4,6,9-18,20-35H,3,5,7-8,19H2,1-2H3/b29-28-,48-4-. The summed E-state index contributed by atoms with van der Waals surface area (Å²) in [6.07, 6.45) is 13.9. The van der Waals surface area contributed by atoms with Crippen LogP contribution in [0.3, 0.4) is 0 Å². The van der Waals surface area contributed by atoms with Gasteiger partial charge in [-0.2, -0.15) is 0 Å². The molecule has 50 heavy (non-hydrogen) atoms. The number of hydrogen-bond acceptors (Lipinski definition) is 0. The second kappa shape index (κ2) is 15.2. The van der Waals surface area contributed by atoms with E-state index in [0.717, 1.165) is 17.6 Å². The van der Waals surface area contributed by atoms with Crippen LogP contribution in [0.2, 0.25) is 0 Å². The van der Waals surface area contributed by atoms with Crippen molar-refractivity contribution in [2.24, 2.45) is 0 Å². The lowest BCUT2D eigenvalue weighted by molar-refractivity contribution is 0.742. The first-order valence-corrected chi connectivity index (χ1v) is 17.9. The van der Waals surface area contributed by atoms with Gasteiger partial charge < -0.3 is 0 Å². The van der Waals surface area contributed by atoms with Crippen molar-refractivity contribution >= 4 is 22.8 Å². The zero-order valence-corrected chi connectivity index (χ0v) is 29.2. The van der Waals surface area contributed by atoms with Crippen LogP contribution >= 0.6 is 0 Å². The summed E-state index contributed by atoms with van der Waals surface area (Å²) in [6.45, 7) is 8.76.